The molecule has 0 fully saturated rings. The number of fused-ring (bicyclic) bond motifs is 1. The van der Waals surface area contributed by atoms with E-state index >= 15 is 0 Å². The number of nitrogens with two attached hydrogens (primary N) is 1. The largest absolute Gasteiger partial charge is 0.313 e. The van der Waals surface area contributed by atoms with Crippen LogP contribution in [0.3, 0.4) is 0 Å². The summed E-state index contributed by atoms with van der Waals surface area (Å²) in [5, 5.41) is 5.03. The van der Waals surface area contributed by atoms with Crippen LogP contribution in [-0.4, -0.2) is 6.54 Å². The van der Waals surface area contributed by atoms with Gasteiger partial charge in [-0.15, -0.1) is 0 Å². The van der Waals surface area contributed by atoms with Crippen molar-refractivity contribution in [1.82, 2.24) is 0 Å². The van der Waals surface area contributed by atoms with Crippen LogP contribution < -0.4 is 5.32 Å². The molecule has 0 heterocycles. The first-order chi connectivity index (χ1) is 7.56. The van der Waals surface area contributed by atoms with Gasteiger partial charge in [-0.3, -0.25) is 0 Å². The summed E-state index contributed by atoms with van der Waals surface area (Å²) in [7, 11) is 0. The van der Waals surface area contributed by atoms with Crippen LogP contribution in [0.15, 0.2) is 42.5 Å². The van der Waals surface area contributed by atoms with Crippen molar-refractivity contribution in [3.63, 3.8) is 0 Å². The highest BCUT2D eigenvalue weighted by Crippen LogP contribution is 2.19. The molecule has 2 rings (SSSR count). The van der Waals surface area contributed by atoms with Crippen molar-refractivity contribution >= 4 is 16.5 Å². The Bertz CT molecular complexity index is 475. The van der Waals surface area contributed by atoms with E-state index in [0.29, 0.717) is 5.41 Å². The molecular weight excluding hydrogens is 194 g/mol. The third kappa shape index (κ3) is 2.61. The molecule has 1 heteroatoms. The predicted octanol–water partition coefficient (Wildman–Crippen LogP) is 3.08. The molecule has 2 N–H and O–H groups in total. The molecule has 0 saturated heterocycles. The summed E-state index contributed by atoms with van der Waals surface area (Å²) in [6.07, 6.45) is 0. The highest BCUT2D eigenvalue weighted by atomic mass is 14.9. The fourth-order valence-electron chi connectivity index (χ4n) is 1.84. The smallest absolute Gasteiger partial charge is 0.137 e. The topological polar surface area (TPSA) is 16.6 Å². The first-order valence-electron chi connectivity index (χ1n) is 5.87. The summed E-state index contributed by atoms with van der Waals surface area (Å²) in [4.78, 5) is 0. The quantitative estimate of drug-likeness (QED) is 0.740. The Morgan fingerprint density at radius 3 is 2.38 bits per heavy atom. The van der Waals surface area contributed by atoms with E-state index in [1.165, 1.54) is 16.5 Å². The Labute approximate surface area is 97.5 Å². The average Bonchev–Trinajstić information content (AvgIpc) is 2.25. The van der Waals surface area contributed by atoms with E-state index in [1.54, 1.807) is 0 Å². The lowest BCUT2D eigenvalue weighted by atomic mass is 9.96. The molecule has 0 aliphatic rings. The number of benzene rings is 2. The minimum Gasteiger partial charge on any atom is -0.313 e. The second-order valence-corrected chi connectivity index (χ2v) is 5.54. The zero-order chi connectivity index (χ0) is 11.6. The second kappa shape index (κ2) is 4.26. The number of rotatable bonds is 2. The molecule has 0 aliphatic carbocycles. The van der Waals surface area contributed by atoms with Gasteiger partial charge in [0.25, 0.3) is 0 Å². The van der Waals surface area contributed by atoms with Crippen LogP contribution >= 0.6 is 0 Å². The Morgan fingerprint density at radius 1 is 0.938 bits per heavy atom. The maximum Gasteiger partial charge on any atom is 0.137 e. The van der Waals surface area contributed by atoms with Crippen LogP contribution in [0, 0.1) is 5.41 Å². The van der Waals surface area contributed by atoms with Crippen molar-refractivity contribution in [2.24, 2.45) is 5.41 Å². The van der Waals surface area contributed by atoms with Gasteiger partial charge in [0.05, 0.1) is 6.54 Å². The van der Waals surface area contributed by atoms with Gasteiger partial charge < -0.3 is 5.32 Å². The van der Waals surface area contributed by atoms with Gasteiger partial charge >= 0.3 is 0 Å². The molecule has 0 bridgehead atoms. The van der Waals surface area contributed by atoms with Crippen LogP contribution in [0.25, 0.3) is 10.8 Å². The van der Waals surface area contributed by atoms with Gasteiger partial charge in [-0.25, -0.2) is 0 Å². The maximum absolute atomic E-state index is 2.35. The summed E-state index contributed by atoms with van der Waals surface area (Å²) in [5.74, 6) is 0. The number of hydrogen-bond donors (Lipinski definition) is 1. The zero-order valence-corrected chi connectivity index (χ0v) is 10.3. The molecular formula is C15H20N+. The molecule has 0 radical (unpaired) electrons. The number of hydrogen-bond acceptors (Lipinski definition) is 0. The predicted molar refractivity (Wildman–Crippen MR) is 69.9 cm³/mol. The fraction of sp³-hybridized carbons (Fsp3) is 0.333. The second-order valence-electron chi connectivity index (χ2n) is 5.54. The highest BCUT2D eigenvalue weighted by molar-refractivity contribution is 5.90. The molecule has 84 valence electrons. The first kappa shape index (κ1) is 11.2. The van der Waals surface area contributed by atoms with E-state index in [-0.39, 0.29) is 0 Å². The van der Waals surface area contributed by atoms with E-state index in [1.807, 2.05) is 0 Å². The van der Waals surface area contributed by atoms with Crippen molar-refractivity contribution in [3.8, 4) is 0 Å². The molecule has 16 heavy (non-hydrogen) atoms. The minimum absolute atomic E-state index is 0.358. The van der Waals surface area contributed by atoms with Gasteiger partial charge in [-0.1, -0.05) is 51.1 Å². The third-order valence-electron chi connectivity index (χ3n) is 2.76. The third-order valence-corrected chi connectivity index (χ3v) is 2.76. The lowest BCUT2D eigenvalue weighted by Crippen LogP contribution is -2.80. The normalized spacial score (nSPS) is 11.9. The lowest BCUT2D eigenvalue weighted by Gasteiger charge is -2.16. The van der Waals surface area contributed by atoms with Crippen LogP contribution in [0.1, 0.15) is 20.8 Å². The van der Waals surface area contributed by atoms with Crippen molar-refractivity contribution in [2.75, 3.05) is 6.54 Å². The van der Waals surface area contributed by atoms with Crippen molar-refractivity contribution in [1.29, 1.82) is 0 Å². The Balaban J connectivity index is 2.30. The Morgan fingerprint density at radius 2 is 1.62 bits per heavy atom. The average molecular weight is 214 g/mol. The Kier molecular flexibility index (Phi) is 2.97. The van der Waals surface area contributed by atoms with Gasteiger partial charge in [-0.2, -0.15) is 0 Å². The molecule has 0 amide bonds. The van der Waals surface area contributed by atoms with E-state index in [0.717, 1.165) is 6.54 Å². The molecule has 0 aliphatic heterocycles. The van der Waals surface area contributed by atoms with Gasteiger partial charge in [0.1, 0.15) is 5.69 Å². The summed E-state index contributed by atoms with van der Waals surface area (Å²) >= 11 is 0. The molecule has 0 atom stereocenters. The van der Waals surface area contributed by atoms with Gasteiger partial charge in [-0.05, 0) is 17.5 Å². The standard InChI is InChI=1S/C15H19N/c1-15(2,3)11-16-14-10-6-8-12-7-4-5-9-13(12)14/h4-10,16H,11H2,1-3H3/p+1. The van der Waals surface area contributed by atoms with Crippen LogP contribution in [0.2, 0.25) is 0 Å². The van der Waals surface area contributed by atoms with Crippen molar-refractivity contribution in [2.45, 2.75) is 20.8 Å². The van der Waals surface area contributed by atoms with Crippen LogP contribution in [0.4, 0.5) is 5.69 Å². The minimum atomic E-state index is 0.358. The van der Waals surface area contributed by atoms with Gasteiger partial charge in [0.2, 0.25) is 0 Å². The number of quaternary nitrogens is 1. The Hall–Kier alpha value is -1.34. The lowest BCUT2D eigenvalue weighted by molar-refractivity contribution is -0.582. The van der Waals surface area contributed by atoms with Gasteiger partial charge in [0.15, 0.2) is 0 Å². The molecule has 0 unspecified atom stereocenters. The molecule has 2 aromatic carbocycles. The fourth-order valence-corrected chi connectivity index (χ4v) is 1.84. The summed E-state index contributed by atoms with van der Waals surface area (Å²) < 4.78 is 0. The summed E-state index contributed by atoms with van der Waals surface area (Å²) in [6.45, 7) is 7.93. The molecule has 2 aromatic rings. The molecule has 0 spiro atoms. The van der Waals surface area contributed by atoms with E-state index < -0.39 is 0 Å². The monoisotopic (exact) mass is 214 g/mol. The summed E-state index contributed by atoms with van der Waals surface area (Å²) in [5.41, 5.74) is 1.71. The first-order valence-corrected chi connectivity index (χ1v) is 5.87. The van der Waals surface area contributed by atoms with Crippen molar-refractivity contribution in [3.05, 3.63) is 42.5 Å². The van der Waals surface area contributed by atoms with E-state index in [4.69, 9.17) is 0 Å². The molecule has 1 nitrogen and oxygen atoms in total. The van der Waals surface area contributed by atoms with Crippen LogP contribution in [0.5, 0.6) is 0 Å². The van der Waals surface area contributed by atoms with E-state index in [9.17, 15) is 0 Å². The summed E-state index contributed by atoms with van der Waals surface area (Å²) in [6, 6.07) is 15.1. The molecule has 0 aromatic heterocycles. The molecule has 0 saturated carbocycles. The maximum atomic E-state index is 2.35. The van der Waals surface area contributed by atoms with Gasteiger partial charge in [0, 0.05) is 10.8 Å². The zero-order valence-electron chi connectivity index (χ0n) is 10.3. The highest BCUT2D eigenvalue weighted by Gasteiger charge is 2.13. The van der Waals surface area contributed by atoms with E-state index in [2.05, 4.69) is 68.6 Å². The SMILES string of the molecule is CC(C)(C)C[NH2+]c1cccc2ccccc12. The van der Waals surface area contributed by atoms with Crippen molar-refractivity contribution < 1.29 is 5.32 Å². The van der Waals surface area contributed by atoms with Crippen LogP contribution in [-0.2, 0) is 0 Å².